The molecule has 1 atom stereocenters. The predicted molar refractivity (Wildman–Crippen MR) is 70.3 cm³/mol. The van der Waals surface area contributed by atoms with Crippen LogP contribution < -0.4 is 10.0 Å². The number of carbonyl (C=O) groups is 2. The Kier molecular flexibility index (Phi) is 4.66. The van der Waals surface area contributed by atoms with Gasteiger partial charge in [0.1, 0.15) is 5.82 Å². The van der Waals surface area contributed by atoms with Gasteiger partial charge in [-0.1, -0.05) is 0 Å². The third-order valence-electron chi connectivity index (χ3n) is 2.35. The van der Waals surface area contributed by atoms with E-state index in [-0.39, 0.29) is 5.69 Å². The Labute approximate surface area is 114 Å². The Morgan fingerprint density at radius 2 is 1.95 bits per heavy atom. The number of sulfonamides is 1. The van der Waals surface area contributed by atoms with Crippen molar-refractivity contribution in [2.75, 3.05) is 10.0 Å². The third kappa shape index (κ3) is 3.92. The molecule has 1 aromatic rings. The Bertz CT molecular complexity index is 644. The summed E-state index contributed by atoms with van der Waals surface area (Å²) in [6.45, 7) is 2.19. The summed E-state index contributed by atoms with van der Waals surface area (Å²) in [5, 5.41) is 9.28. The van der Waals surface area contributed by atoms with Crippen LogP contribution in [0.5, 0.6) is 0 Å². The second-order valence-electron chi connectivity index (χ2n) is 4.00. The highest BCUT2D eigenvalue weighted by molar-refractivity contribution is 7.94. The van der Waals surface area contributed by atoms with Crippen LogP contribution in [0.2, 0.25) is 0 Å². The lowest BCUT2D eigenvalue weighted by Crippen LogP contribution is -2.32. The van der Waals surface area contributed by atoms with Gasteiger partial charge in [-0.2, -0.15) is 0 Å². The van der Waals surface area contributed by atoms with Gasteiger partial charge in [0.15, 0.2) is 5.25 Å². The SMILES string of the molecule is CC(=O)Nc1ccc(F)c(NS(=O)(=O)C(C)C(=O)O)c1. The smallest absolute Gasteiger partial charge is 0.323 e. The molecule has 1 aromatic carbocycles. The standard InChI is InChI=1S/C11H13FN2O5S/c1-6(11(16)17)20(18,19)14-10-5-8(13-7(2)15)3-4-9(10)12/h3-6,14H,1-2H3,(H,13,15)(H,16,17). The third-order valence-corrected chi connectivity index (χ3v) is 3.99. The van der Waals surface area contributed by atoms with E-state index >= 15 is 0 Å². The highest BCUT2D eigenvalue weighted by atomic mass is 32.2. The summed E-state index contributed by atoms with van der Waals surface area (Å²) in [6.07, 6.45) is 0. The van der Waals surface area contributed by atoms with Gasteiger partial charge < -0.3 is 10.4 Å². The number of hydrogen-bond donors (Lipinski definition) is 3. The molecule has 9 heteroatoms. The molecule has 0 aromatic heterocycles. The fourth-order valence-corrected chi connectivity index (χ4v) is 2.16. The van der Waals surface area contributed by atoms with E-state index in [1.165, 1.54) is 13.0 Å². The van der Waals surface area contributed by atoms with Crippen LogP contribution in [0.3, 0.4) is 0 Å². The molecule has 1 unspecified atom stereocenters. The Morgan fingerprint density at radius 3 is 2.45 bits per heavy atom. The molecule has 0 heterocycles. The number of carbonyl (C=O) groups excluding carboxylic acids is 1. The first-order valence-electron chi connectivity index (χ1n) is 5.45. The number of nitrogens with one attached hydrogen (secondary N) is 2. The summed E-state index contributed by atoms with van der Waals surface area (Å²) in [6, 6.07) is 3.26. The van der Waals surface area contributed by atoms with Crippen molar-refractivity contribution in [3.63, 3.8) is 0 Å². The van der Waals surface area contributed by atoms with Crippen LogP contribution in [0.1, 0.15) is 13.8 Å². The van der Waals surface area contributed by atoms with Crippen molar-refractivity contribution in [2.24, 2.45) is 0 Å². The van der Waals surface area contributed by atoms with Gasteiger partial charge >= 0.3 is 5.97 Å². The quantitative estimate of drug-likeness (QED) is 0.751. The second kappa shape index (κ2) is 5.87. The molecule has 0 bridgehead atoms. The van der Waals surface area contributed by atoms with Crippen molar-refractivity contribution in [1.29, 1.82) is 0 Å². The second-order valence-corrected chi connectivity index (χ2v) is 6.00. The highest BCUT2D eigenvalue weighted by Gasteiger charge is 2.28. The maximum Gasteiger partial charge on any atom is 0.323 e. The van der Waals surface area contributed by atoms with Crippen LogP contribution in [-0.4, -0.2) is 30.7 Å². The van der Waals surface area contributed by atoms with E-state index in [9.17, 15) is 22.4 Å². The van der Waals surface area contributed by atoms with Crippen molar-refractivity contribution in [3.05, 3.63) is 24.0 Å². The van der Waals surface area contributed by atoms with Gasteiger partial charge in [0.05, 0.1) is 5.69 Å². The first-order valence-corrected chi connectivity index (χ1v) is 6.99. The zero-order valence-electron chi connectivity index (χ0n) is 10.7. The van der Waals surface area contributed by atoms with E-state index in [1.807, 2.05) is 4.72 Å². The molecule has 0 radical (unpaired) electrons. The van der Waals surface area contributed by atoms with E-state index in [1.54, 1.807) is 0 Å². The first kappa shape index (κ1) is 15.9. The van der Waals surface area contributed by atoms with Gasteiger partial charge in [-0.25, -0.2) is 12.8 Å². The average Bonchev–Trinajstić information content (AvgIpc) is 2.31. The maximum absolute atomic E-state index is 13.5. The molecule has 110 valence electrons. The highest BCUT2D eigenvalue weighted by Crippen LogP contribution is 2.21. The summed E-state index contributed by atoms with van der Waals surface area (Å²) >= 11 is 0. The molecular weight excluding hydrogens is 291 g/mol. The number of benzene rings is 1. The van der Waals surface area contributed by atoms with Gasteiger partial charge in [-0.05, 0) is 25.1 Å². The maximum atomic E-state index is 13.5. The van der Waals surface area contributed by atoms with Gasteiger partial charge in [-0.15, -0.1) is 0 Å². The Hall–Kier alpha value is -2.16. The summed E-state index contributed by atoms with van der Waals surface area (Å²) in [7, 11) is -4.28. The average molecular weight is 304 g/mol. The molecule has 0 saturated heterocycles. The Balaban J connectivity index is 3.08. The van der Waals surface area contributed by atoms with Crippen LogP contribution >= 0.6 is 0 Å². The number of hydrogen-bond acceptors (Lipinski definition) is 4. The van der Waals surface area contributed by atoms with Crippen molar-refractivity contribution < 1.29 is 27.5 Å². The lowest BCUT2D eigenvalue weighted by atomic mass is 10.2. The minimum Gasteiger partial charge on any atom is -0.480 e. The molecule has 0 aliphatic rings. The topological polar surface area (TPSA) is 113 Å². The molecule has 7 nitrogen and oxygen atoms in total. The first-order chi connectivity index (χ1) is 9.13. The van der Waals surface area contributed by atoms with Gasteiger partial charge in [0, 0.05) is 12.6 Å². The van der Waals surface area contributed by atoms with Crippen molar-refractivity contribution in [3.8, 4) is 0 Å². The molecule has 1 amide bonds. The summed E-state index contributed by atoms with van der Waals surface area (Å²) in [4.78, 5) is 21.5. The molecule has 0 spiro atoms. The monoisotopic (exact) mass is 304 g/mol. The molecule has 0 aliphatic heterocycles. The number of aliphatic carboxylic acids is 1. The van der Waals surface area contributed by atoms with Gasteiger partial charge in [-0.3, -0.25) is 14.3 Å². The Morgan fingerprint density at radius 1 is 1.35 bits per heavy atom. The minimum absolute atomic E-state index is 0.180. The summed E-state index contributed by atoms with van der Waals surface area (Å²) in [5.41, 5.74) is -0.260. The number of carboxylic acid groups (broad SMARTS) is 1. The lowest BCUT2D eigenvalue weighted by molar-refractivity contribution is -0.136. The number of carboxylic acids is 1. The molecule has 0 aliphatic carbocycles. The zero-order valence-corrected chi connectivity index (χ0v) is 11.5. The lowest BCUT2D eigenvalue weighted by Gasteiger charge is -2.13. The predicted octanol–water partition coefficient (Wildman–Crippen LogP) is 0.999. The van der Waals surface area contributed by atoms with E-state index in [0.29, 0.717) is 0 Å². The van der Waals surface area contributed by atoms with E-state index < -0.39 is 38.7 Å². The van der Waals surface area contributed by atoms with Gasteiger partial charge in [0.2, 0.25) is 15.9 Å². The van der Waals surface area contributed by atoms with Crippen LogP contribution in [0.4, 0.5) is 15.8 Å². The van der Waals surface area contributed by atoms with Crippen molar-refractivity contribution >= 4 is 33.3 Å². The molecular formula is C11H13FN2O5S. The normalized spacial score (nSPS) is 12.6. The minimum atomic E-state index is -4.28. The van der Waals surface area contributed by atoms with E-state index in [4.69, 9.17) is 5.11 Å². The molecule has 0 fully saturated rings. The van der Waals surface area contributed by atoms with E-state index in [0.717, 1.165) is 19.1 Å². The van der Waals surface area contributed by atoms with Crippen LogP contribution in [0.15, 0.2) is 18.2 Å². The molecule has 3 N–H and O–H groups in total. The van der Waals surface area contributed by atoms with Gasteiger partial charge in [0.25, 0.3) is 0 Å². The fourth-order valence-electron chi connectivity index (χ4n) is 1.26. The fraction of sp³-hybridized carbons (Fsp3) is 0.273. The largest absolute Gasteiger partial charge is 0.480 e. The zero-order chi connectivity index (χ0) is 15.5. The number of anilines is 2. The van der Waals surface area contributed by atoms with Crippen molar-refractivity contribution in [1.82, 2.24) is 0 Å². The van der Waals surface area contributed by atoms with E-state index in [2.05, 4.69) is 5.32 Å². The number of rotatable bonds is 5. The van der Waals surface area contributed by atoms with Crippen LogP contribution in [-0.2, 0) is 19.6 Å². The molecule has 1 rings (SSSR count). The summed E-state index contributed by atoms with van der Waals surface area (Å²) in [5.74, 6) is -2.86. The van der Waals surface area contributed by atoms with Crippen LogP contribution in [0, 0.1) is 5.82 Å². The summed E-state index contributed by atoms with van der Waals surface area (Å²) < 4.78 is 38.7. The molecule has 20 heavy (non-hydrogen) atoms. The number of halogens is 1. The van der Waals surface area contributed by atoms with Crippen molar-refractivity contribution in [2.45, 2.75) is 19.1 Å². The van der Waals surface area contributed by atoms with Crippen LogP contribution in [0.25, 0.3) is 0 Å². The molecule has 0 saturated carbocycles. The number of amides is 1.